The zero-order valence-electron chi connectivity index (χ0n) is 16.4. The van der Waals surface area contributed by atoms with Crippen molar-refractivity contribution in [1.29, 1.82) is 0 Å². The summed E-state index contributed by atoms with van der Waals surface area (Å²) in [7, 11) is -3.68. The van der Waals surface area contributed by atoms with E-state index in [1.165, 1.54) is 18.6 Å². The standard InChI is InChI=1S/C20H25ClN2O4S/c1-14-8-9-19(12-15(14)2)27-11-10-22-20(24)16(3)23(28(4,25)26)18-7-5-6-17(21)13-18/h5-9,12-13,16H,10-11H2,1-4H3,(H,22,24)/t16-/m1/s1. The molecular weight excluding hydrogens is 400 g/mol. The summed E-state index contributed by atoms with van der Waals surface area (Å²) in [5.74, 6) is 0.302. The van der Waals surface area contributed by atoms with Gasteiger partial charge in [-0.1, -0.05) is 23.7 Å². The molecule has 1 amide bonds. The molecule has 2 aromatic rings. The molecule has 0 saturated heterocycles. The van der Waals surface area contributed by atoms with E-state index in [1.807, 2.05) is 32.0 Å². The Bertz CT molecular complexity index is 947. The fraction of sp³-hybridized carbons (Fsp3) is 0.350. The predicted molar refractivity (Wildman–Crippen MR) is 113 cm³/mol. The van der Waals surface area contributed by atoms with Crippen LogP contribution in [0.2, 0.25) is 5.02 Å². The number of carbonyl (C=O) groups is 1. The third-order valence-corrected chi connectivity index (χ3v) is 5.78. The van der Waals surface area contributed by atoms with Crippen LogP contribution in [-0.2, 0) is 14.8 Å². The molecule has 0 bridgehead atoms. The lowest BCUT2D eigenvalue weighted by Gasteiger charge is -2.28. The summed E-state index contributed by atoms with van der Waals surface area (Å²) in [4.78, 5) is 12.5. The Morgan fingerprint density at radius 2 is 1.89 bits per heavy atom. The van der Waals surface area contributed by atoms with Crippen LogP contribution >= 0.6 is 11.6 Å². The molecule has 2 aromatic carbocycles. The highest BCUT2D eigenvalue weighted by molar-refractivity contribution is 7.92. The molecule has 0 spiro atoms. The minimum atomic E-state index is -3.68. The zero-order chi connectivity index (χ0) is 20.9. The number of hydrogen-bond donors (Lipinski definition) is 1. The molecule has 0 heterocycles. The Hall–Kier alpha value is -2.25. The number of anilines is 1. The second-order valence-corrected chi connectivity index (χ2v) is 8.90. The van der Waals surface area contributed by atoms with Crippen molar-refractivity contribution in [2.24, 2.45) is 0 Å². The summed E-state index contributed by atoms with van der Waals surface area (Å²) in [6.07, 6.45) is 1.06. The molecule has 152 valence electrons. The van der Waals surface area contributed by atoms with Gasteiger partial charge in [0.2, 0.25) is 15.9 Å². The van der Waals surface area contributed by atoms with E-state index in [9.17, 15) is 13.2 Å². The van der Waals surface area contributed by atoms with Gasteiger partial charge in [-0.05, 0) is 62.2 Å². The minimum absolute atomic E-state index is 0.253. The highest BCUT2D eigenvalue weighted by atomic mass is 35.5. The molecule has 2 rings (SSSR count). The Balaban J connectivity index is 1.98. The SMILES string of the molecule is Cc1ccc(OCCNC(=O)[C@@H](C)N(c2cccc(Cl)c2)S(C)(=O)=O)cc1C. The van der Waals surface area contributed by atoms with Crippen LogP contribution < -0.4 is 14.4 Å². The molecule has 0 aromatic heterocycles. The first kappa shape index (κ1) is 22.0. The van der Waals surface area contributed by atoms with Crippen LogP contribution in [0, 0.1) is 13.8 Å². The Labute approximate surface area is 171 Å². The van der Waals surface area contributed by atoms with Crippen molar-refractivity contribution in [2.75, 3.05) is 23.7 Å². The van der Waals surface area contributed by atoms with Crippen LogP contribution in [0.4, 0.5) is 5.69 Å². The van der Waals surface area contributed by atoms with Crippen LogP contribution in [0.25, 0.3) is 0 Å². The van der Waals surface area contributed by atoms with Crippen molar-refractivity contribution in [3.63, 3.8) is 0 Å². The van der Waals surface area contributed by atoms with Gasteiger partial charge in [0, 0.05) is 5.02 Å². The summed E-state index contributed by atoms with van der Waals surface area (Å²) in [5, 5.41) is 3.10. The van der Waals surface area contributed by atoms with Gasteiger partial charge in [-0.15, -0.1) is 0 Å². The van der Waals surface area contributed by atoms with Crippen LogP contribution in [-0.4, -0.2) is 39.8 Å². The lowest BCUT2D eigenvalue weighted by Crippen LogP contribution is -2.48. The number of rotatable bonds is 8. The number of amides is 1. The van der Waals surface area contributed by atoms with Gasteiger partial charge in [0.05, 0.1) is 18.5 Å². The van der Waals surface area contributed by atoms with Gasteiger partial charge in [0.15, 0.2) is 0 Å². The highest BCUT2D eigenvalue weighted by Crippen LogP contribution is 2.24. The lowest BCUT2D eigenvalue weighted by atomic mass is 10.1. The van der Waals surface area contributed by atoms with Gasteiger partial charge in [0.1, 0.15) is 18.4 Å². The van der Waals surface area contributed by atoms with E-state index in [1.54, 1.807) is 18.2 Å². The minimum Gasteiger partial charge on any atom is -0.492 e. The van der Waals surface area contributed by atoms with E-state index in [0.717, 1.165) is 21.9 Å². The van der Waals surface area contributed by atoms with Crippen LogP contribution in [0.1, 0.15) is 18.1 Å². The Kier molecular flexibility index (Phi) is 7.32. The highest BCUT2D eigenvalue weighted by Gasteiger charge is 2.29. The number of carbonyl (C=O) groups excluding carboxylic acids is 1. The first-order valence-corrected chi connectivity index (χ1v) is 11.0. The Morgan fingerprint density at radius 1 is 1.18 bits per heavy atom. The van der Waals surface area contributed by atoms with E-state index in [2.05, 4.69) is 5.32 Å². The third-order valence-electron chi connectivity index (χ3n) is 4.30. The van der Waals surface area contributed by atoms with E-state index >= 15 is 0 Å². The number of sulfonamides is 1. The second kappa shape index (κ2) is 9.30. The molecule has 0 aliphatic rings. The molecule has 8 heteroatoms. The zero-order valence-corrected chi connectivity index (χ0v) is 18.0. The Morgan fingerprint density at radius 3 is 2.50 bits per heavy atom. The average Bonchev–Trinajstić information content (AvgIpc) is 2.60. The fourth-order valence-electron chi connectivity index (χ4n) is 2.72. The maximum absolute atomic E-state index is 12.5. The summed E-state index contributed by atoms with van der Waals surface area (Å²) in [5.41, 5.74) is 2.64. The van der Waals surface area contributed by atoms with Gasteiger partial charge in [-0.3, -0.25) is 9.10 Å². The van der Waals surface area contributed by atoms with Crippen molar-refractivity contribution in [3.8, 4) is 5.75 Å². The van der Waals surface area contributed by atoms with Crippen molar-refractivity contribution >= 4 is 33.2 Å². The quantitative estimate of drug-likeness (QED) is 0.659. The van der Waals surface area contributed by atoms with Crippen molar-refractivity contribution < 1.29 is 17.9 Å². The lowest BCUT2D eigenvalue weighted by molar-refractivity contribution is -0.121. The summed E-state index contributed by atoms with van der Waals surface area (Å²) < 4.78 is 31.2. The number of ether oxygens (including phenoxy) is 1. The molecule has 0 unspecified atom stereocenters. The van der Waals surface area contributed by atoms with Crippen molar-refractivity contribution in [1.82, 2.24) is 5.32 Å². The number of nitrogens with zero attached hydrogens (tertiary/aromatic N) is 1. The number of nitrogens with one attached hydrogen (secondary N) is 1. The molecule has 0 aliphatic heterocycles. The summed E-state index contributed by atoms with van der Waals surface area (Å²) >= 11 is 5.97. The molecule has 0 radical (unpaired) electrons. The molecular formula is C20H25ClN2O4S. The fourth-order valence-corrected chi connectivity index (χ4v) is 4.07. The monoisotopic (exact) mass is 424 g/mol. The van der Waals surface area contributed by atoms with E-state index in [4.69, 9.17) is 16.3 Å². The van der Waals surface area contributed by atoms with Gasteiger partial charge < -0.3 is 10.1 Å². The summed E-state index contributed by atoms with van der Waals surface area (Å²) in [6, 6.07) is 11.2. The van der Waals surface area contributed by atoms with E-state index < -0.39 is 22.0 Å². The molecule has 6 nitrogen and oxygen atoms in total. The largest absolute Gasteiger partial charge is 0.492 e. The van der Waals surface area contributed by atoms with Gasteiger partial charge >= 0.3 is 0 Å². The normalized spacial score (nSPS) is 12.3. The van der Waals surface area contributed by atoms with E-state index in [-0.39, 0.29) is 13.2 Å². The van der Waals surface area contributed by atoms with Gasteiger partial charge in [-0.25, -0.2) is 8.42 Å². The number of benzene rings is 2. The first-order valence-electron chi connectivity index (χ1n) is 8.82. The maximum atomic E-state index is 12.5. The molecule has 1 atom stereocenters. The third kappa shape index (κ3) is 5.87. The van der Waals surface area contributed by atoms with Crippen LogP contribution in [0.3, 0.4) is 0 Å². The second-order valence-electron chi connectivity index (χ2n) is 6.60. The predicted octanol–water partition coefficient (Wildman–Crippen LogP) is 3.31. The molecule has 28 heavy (non-hydrogen) atoms. The molecule has 0 saturated carbocycles. The molecule has 0 aliphatic carbocycles. The topological polar surface area (TPSA) is 75.7 Å². The maximum Gasteiger partial charge on any atom is 0.243 e. The molecule has 1 N–H and O–H groups in total. The molecule has 0 fully saturated rings. The van der Waals surface area contributed by atoms with Crippen molar-refractivity contribution in [2.45, 2.75) is 26.8 Å². The van der Waals surface area contributed by atoms with Gasteiger partial charge in [-0.2, -0.15) is 0 Å². The first-order chi connectivity index (χ1) is 13.1. The van der Waals surface area contributed by atoms with Crippen molar-refractivity contribution in [3.05, 3.63) is 58.6 Å². The van der Waals surface area contributed by atoms with Crippen LogP contribution in [0.15, 0.2) is 42.5 Å². The number of aryl methyl sites for hydroxylation is 2. The number of hydrogen-bond acceptors (Lipinski definition) is 4. The smallest absolute Gasteiger partial charge is 0.243 e. The number of halogens is 1. The average molecular weight is 425 g/mol. The van der Waals surface area contributed by atoms with Crippen LogP contribution in [0.5, 0.6) is 5.75 Å². The van der Waals surface area contributed by atoms with Gasteiger partial charge in [0.25, 0.3) is 0 Å². The summed E-state index contributed by atoms with van der Waals surface area (Å²) in [6.45, 7) is 6.08. The van der Waals surface area contributed by atoms with E-state index in [0.29, 0.717) is 10.7 Å².